The fourth-order valence-corrected chi connectivity index (χ4v) is 11.2. The summed E-state index contributed by atoms with van der Waals surface area (Å²) in [6, 6.07) is 31.4. The highest BCUT2D eigenvalue weighted by atomic mass is 35.5. The van der Waals surface area contributed by atoms with E-state index < -0.39 is 17.6 Å². The molecule has 1 aliphatic heterocycles. The Morgan fingerprint density at radius 3 is 1.58 bits per heavy atom. The lowest BCUT2D eigenvalue weighted by Crippen LogP contribution is -2.52. The van der Waals surface area contributed by atoms with E-state index in [2.05, 4.69) is 43.7 Å². The smallest absolute Gasteiger partial charge is 0.410 e. The normalized spacial score (nSPS) is 17.0. The van der Waals surface area contributed by atoms with Crippen molar-refractivity contribution < 1.29 is 28.7 Å². The number of nitrogens with one attached hydrogen (secondary N) is 4. The van der Waals surface area contributed by atoms with Gasteiger partial charge in [0, 0.05) is 108 Å². The Morgan fingerprint density at radius 2 is 1.08 bits per heavy atom. The van der Waals surface area contributed by atoms with Gasteiger partial charge in [0.2, 0.25) is 11.9 Å². The van der Waals surface area contributed by atoms with Gasteiger partial charge in [-0.3, -0.25) is 19.2 Å². The summed E-state index contributed by atoms with van der Waals surface area (Å²) in [7, 11) is 0. The van der Waals surface area contributed by atoms with Crippen LogP contribution in [0, 0.1) is 11.8 Å². The number of hydrogen-bond donors (Lipinski definition) is 4. The number of piperidine rings is 1. The molecule has 4 aromatic heterocycles. The predicted molar refractivity (Wildman–Crippen MR) is 329 cm³/mol. The SMILES string of the molecule is C=CC(=O)Cc1ccc(CCC(=O)[C@@H]2CC(Nc3ncc(Cl)c(-c4c[nH]c5ccccc45)n3)CN(C(=O)OC(C)(C)C)C2)cc1.C=CC(=O)Cc1ccc(CCC(=O)[C@H]2CCCC(Nc3ncc(Cl)c(-c4c[nH]c5ccccc45)n3)C2)cc1. The second-order valence-electron chi connectivity index (χ2n) is 22.4. The second kappa shape index (κ2) is 27.2. The van der Waals surface area contributed by atoms with E-state index in [1.807, 2.05) is 130 Å². The highest BCUT2D eigenvalue weighted by molar-refractivity contribution is 6.33. The predicted octanol–water partition coefficient (Wildman–Crippen LogP) is 13.6. The van der Waals surface area contributed by atoms with Crippen LogP contribution in [0.25, 0.3) is 44.3 Å². The molecular formula is C66H69Cl2N9O6. The van der Waals surface area contributed by atoms with Crippen LogP contribution in [0.5, 0.6) is 0 Å². The molecule has 8 aromatic rings. The zero-order chi connectivity index (χ0) is 58.6. The van der Waals surface area contributed by atoms with E-state index in [1.165, 1.54) is 12.2 Å². The molecule has 2 unspecified atom stereocenters. The Morgan fingerprint density at radius 1 is 0.627 bits per heavy atom. The third-order valence-electron chi connectivity index (χ3n) is 15.1. The van der Waals surface area contributed by atoms with Crippen molar-refractivity contribution in [2.24, 2.45) is 11.8 Å². The van der Waals surface area contributed by atoms with Crippen molar-refractivity contribution in [2.45, 2.75) is 109 Å². The number of likely N-dealkylation sites (tertiary alicyclic amines) is 1. The number of nitrogens with zero attached hydrogens (tertiary/aromatic N) is 5. The van der Waals surface area contributed by atoms with Gasteiger partial charge in [0.25, 0.3) is 0 Å². The van der Waals surface area contributed by atoms with Gasteiger partial charge in [-0.25, -0.2) is 24.7 Å². The van der Waals surface area contributed by atoms with Gasteiger partial charge in [0.05, 0.1) is 33.8 Å². The molecule has 4 atom stereocenters. The molecule has 428 valence electrons. The quantitative estimate of drug-likeness (QED) is 0.0526. The highest BCUT2D eigenvalue weighted by Gasteiger charge is 2.36. The summed E-state index contributed by atoms with van der Waals surface area (Å²) in [5, 5.41) is 9.79. The lowest BCUT2D eigenvalue weighted by Gasteiger charge is -2.38. The van der Waals surface area contributed by atoms with Crippen LogP contribution in [0.4, 0.5) is 16.7 Å². The number of aromatic amines is 2. The number of rotatable bonds is 20. The average molecular weight is 1160 g/mol. The zero-order valence-electron chi connectivity index (χ0n) is 47.1. The van der Waals surface area contributed by atoms with Gasteiger partial charge in [-0.2, -0.15) is 0 Å². The van der Waals surface area contributed by atoms with Gasteiger partial charge in [-0.05, 0) is 106 Å². The minimum atomic E-state index is -0.674. The van der Waals surface area contributed by atoms with Crippen LogP contribution in [0.3, 0.4) is 0 Å². The average Bonchev–Trinajstić information content (AvgIpc) is 4.37. The second-order valence-corrected chi connectivity index (χ2v) is 23.2. The molecule has 15 nitrogen and oxygen atoms in total. The number of amides is 1. The molecule has 1 amide bonds. The van der Waals surface area contributed by atoms with Crippen molar-refractivity contribution in [1.29, 1.82) is 0 Å². The molecular weight excluding hydrogens is 1090 g/mol. The van der Waals surface area contributed by atoms with Crippen LogP contribution in [0.15, 0.2) is 147 Å². The number of anilines is 2. The third kappa shape index (κ3) is 15.8. The third-order valence-corrected chi connectivity index (χ3v) is 15.7. The fourth-order valence-electron chi connectivity index (χ4n) is 10.8. The molecule has 2 aliphatic rings. The molecule has 2 fully saturated rings. The number of ether oxygens (including phenoxy) is 1. The molecule has 1 saturated carbocycles. The first-order valence-corrected chi connectivity index (χ1v) is 28.9. The Bertz CT molecular complexity index is 3640. The number of para-hydroxylation sites is 2. The summed E-state index contributed by atoms with van der Waals surface area (Å²) in [6.07, 6.45) is 16.1. The number of fused-ring (bicyclic) bond motifs is 2. The summed E-state index contributed by atoms with van der Waals surface area (Å²) in [5.74, 6) is 0.869. The number of benzene rings is 4. The van der Waals surface area contributed by atoms with Gasteiger partial charge >= 0.3 is 6.09 Å². The molecule has 83 heavy (non-hydrogen) atoms. The van der Waals surface area contributed by atoms with Crippen LogP contribution >= 0.6 is 23.2 Å². The summed E-state index contributed by atoms with van der Waals surface area (Å²) in [4.78, 5) is 89.4. The Balaban J connectivity index is 0.000000202. The minimum absolute atomic E-state index is 0.00609. The molecule has 0 spiro atoms. The van der Waals surface area contributed by atoms with Crippen molar-refractivity contribution >= 4 is 86.1 Å². The summed E-state index contributed by atoms with van der Waals surface area (Å²) in [5.41, 5.74) is 8.36. The molecule has 0 bridgehead atoms. The minimum Gasteiger partial charge on any atom is -0.444 e. The maximum absolute atomic E-state index is 13.5. The van der Waals surface area contributed by atoms with E-state index in [4.69, 9.17) is 37.9 Å². The number of carbonyl (C=O) groups is 5. The molecule has 4 N–H and O–H groups in total. The lowest BCUT2D eigenvalue weighted by molar-refractivity contribution is -0.125. The molecule has 17 heteroatoms. The van der Waals surface area contributed by atoms with E-state index in [-0.39, 0.29) is 41.9 Å². The van der Waals surface area contributed by atoms with E-state index in [0.29, 0.717) is 90.6 Å². The first kappa shape index (κ1) is 59.4. The molecule has 1 saturated heterocycles. The maximum atomic E-state index is 13.5. The first-order valence-electron chi connectivity index (χ1n) is 28.2. The largest absolute Gasteiger partial charge is 0.444 e. The van der Waals surface area contributed by atoms with Crippen molar-refractivity contribution in [1.82, 2.24) is 34.8 Å². The van der Waals surface area contributed by atoms with Crippen LogP contribution in [0.1, 0.15) is 88.0 Å². The van der Waals surface area contributed by atoms with Gasteiger partial charge < -0.3 is 30.2 Å². The number of carbonyl (C=O) groups excluding carboxylic acids is 5. The van der Waals surface area contributed by atoms with Crippen molar-refractivity contribution in [2.75, 3.05) is 23.7 Å². The number of aromatic nitrogens is 6. The van der Waals surface area contributed by atoms with Gasteiger partial charge in [0.15, 0.2) is 11.6 Å². The van der Waals surface area contributed by atoms with Gasteiger partial charge in [0.1, 0.15) is 17.2 Å². The summed E-state index contributed by atoms with van der Waals surface area (Å²) >= 11 is 13.0. The number of ketones is 4. The fraction of sp³-hybridized carbons (Fsp3) is 0.318. The lowest BCUT2D eigenvalue weighted by atomic mass is 9.81. The van der Waals surface area contributed by atoms with Crippen molar-refractivity contribution in [3.8, 4) is 22.5 Å². The molecule has 1 aliphatic carbocycles. The summed E-state index contributed by atoms with van der Waals surface area (Å²) < 4.78 is 5.67. The Hall–Kier alpha value is -8.27. The zero-order valence-corrected chi connectivity index (χ0v) is 48.6. The molecule has 0 radical (unpaired) electrons. The topological polar surface area (TPSA) is 205 Å². The van der Waals surface area contributed by atoms with E-state index in [9.17, 15) is 24.0 Å². The van der Waals surface area contributed by atoms with Gasteiger partial charge in [-0.1, -0.05) is 128 Å². The number of H-pyrrole nitrogens is 2. The number of aryl methyl sites for hydroxylation is 2. The van der Waals surface area contributed by atoms with Crippen molar-refractivity contribution in [3.63, 3.8) is 0 Å². The van der Waals surface area contributed by atoms with E-state index in [1.54, 1.807) is 17.3 Å². The Kier molecular flexibility index (Phi) is 19.5. The van der Waals surface area contributed by atoms with Crippen LogP contribution in [-0.2, 0) is 49.6 Å². The number of hydrogen-bond acceptors (Lipinski definition) is 12. The standard InChI is InChI=1S/C35H38ClN5O4.C31H31ClN4O2/c1-5-26(42)16-23-12-10-22(11-13-23)14-15-31(43)24-17-25(21-41(20-24)34(44)45-35(2,3)4)39-33-38-19-29(36)32(40-33)28-18-37-30-9-7-6-8-27(28)30;1-2-24(37)16-21-12-10-20(11-13-21)14-15-29(38)22-6-5-7-23(17-22)35-31-34-19-27(32)30(36-31)26-18-33-28-9-4-3-8-25(26)28/h5-13,18-19,24-25,37H,1,14-17,20-21H2,2-4H3,(H,38,39,40);2-4,8-13,18-19,22-23,33H,1,5-7,14-17H2,(H,34,35,36)/t24-,25?;22-,23?/m10/s1. The monoisotopic (exact) mass is 1150 g/mol. The molecule has 4 aromatic carbocycles. The van der Waals surface area contributed by atoms with Crippen molar-refractivity contribution in [3.05, 3.63) is 179 Å². The van der Waals surface area contributed by atoms with Crippen LogP contribution < -0.4 is 10.6 Å². The van der Waals surface area contributed by atoms with Gasteiger partial charge in [-0.15, -0.1) is 0 Å². The molecule has 5 heterocycles. The van der Waals surface area contributed by atoms with Crippen LogP contribution in [0.2, 0.25) is 10.0 Å². The maximum Gasteiger partial charge on any atom is 0.410 e. The first-order chi connectivity index (χ1) is 40.0. The summed E-state index contributed by atoms with van der Waals surface area (Å²) in [6.45, 7) is 13.1. The number of halogens is 2. The van der Waals surface area contributed by atoms with E-state index in [0.717, 1.165) is 80.9 Å². The molecule has 10 rings (SSSR count). The number of allylic oxidation sites excluding steroid dienone is 2. The van der Waals surface area contributed by atoms with Crippen LogP contribution in [-0.4, -0.2) is 94.8 Å². The Labute approximate surface area is 493 Å². The van der Waals surface area contributed by atoms with E-state index >= 15 is 0 Å². The number of Topliss-reactive ketones (excluding diaryl/α,β-unsaturated/α-hetero) is 2. The highest BCUT2D eigenvalue weighted by Crippen LogP contribution is 2.35.